The van der Waals surface area contributed by atoms with Gasteiger partial charge in [0.05, 0.1) is 0 Å². The van der Waals surface area contributed by atoms with Gasteiger partial charge in [0.1, 0.15) is 0 Å². The predicted molar refractivity (Wildman–Crippen MR) is 108 cm³/mol. The Morgan fingerprint density at radius 3 is 2.35 bits per heavy atom. The lowest BCUT2D eigenvalue weighted by Gasteiger charge is -2.12. The maximum Gasteiger partial charge on any atom is 0.224 e. The van der Waals surface area contributed by atoms with Crippen LogP contribution in [-0.2, 0) is 17.8 Å². The van der Waals surface area contributed by atoms with Crippen LogP contribution in [0.4, 0.5) is 5.69 Å². The molecule has 0 atom stereocenters. The van der Waals surface area contributed by atoms with Crippen molar-refractivity contribution < 1.29 is 4.79 Å². The van der Waals surface area contributed by atoms with Gasteiger partial charge in [0.25, 0.3) is 0 Å². The van der Waals surface area contributed by atoms with Crippen LogP contribution < -0.4 is 16.0 Å². The van der Waals surface area contributed by atoms with Crippen molar-refractivity contribution in [1.29, 1.82) is 0 Å². The Kier molecular flexibility index (Phi) is 8.19. The second kappa shape index (κ2) is 10.9. The standard InChI is InChI=1S/C21H28N4O/c1-3-7-20(26)25-19-12-10-18(11-13-19)16-24-21(22-2)23-15-14-17-8-5-4-6-9-17/h4-6,8-13H,3,7,14-16H2,1-2H3,(H,25,26)(H2,22,23,24). The number of rotatable bonds is 8. The van der Waals surface area contributed by atoms with Gasteiger partial charge in [-0.15, -0.1) is 0 Å². The van der Waals surface area contributed by atoms with E-state index in [9.17, 15) is 4.79 Å². The number of benzene rings is 2. The summed E-state index contributed by atoms with van der Waals surface area (Å²) >= 11 is 0. The van der Waals surface area contributed by atoms with Gasteiger partial charge in [0, 0.05) is 32.2 Å². The Bertz CT molecular complexity index is 696. The number of hydrogen-bond acceptors (Lipinski definition) is 2. The van der Waals surface area contributed by atoms with E-state index < -0.39 is 0 Å². The van der Waals surface area contributed by atoms with Crippen LogP contribution in [0.5, 0.6) is 0 Å². The van der Waals surface area contributed by atoms with Crippen molar-refractivity contribution in [2.24, 2.45) is 4.99 Å². The van der Waals surface area contributed by atoms with E-state index >= 15 is 0 Å². The Morgan fingerprint density at radius 1 is 0.962 bits per heavy atom. The minimum absolute atomic E-state index is 0.0568. The quantitative estimate of drug-likeness (QED) is 0.504. The molecule has 0 spiro atoms. The predicted octanol–water partition coefficient (Wildman–Crippen LogP) is 3.33. The molecule has 0 heterocycles. The van der Waals surface area contributed by atoms with Crippen LogP contribution in [0.3, 0.4) is 0 Å². The molecular formula is C21H28N4O. The van der Waals surface area contributed by atoms with Gasteiger partial charge in [-0.05, 0) is 36.1 Å². The molecule has 0 bridgehead atoms. The zero-order chi connectivity index (χ0) is 18.6. The molecule has 0 saturated carbocycles. The normalized spacial score (nSPS) is 11.1. The minimum atomic E-state index is 0.0568. The summed E-state index contributed by atoms with van der Waals surface area (Å²) in [6.07, 6.45) is 2.35. The lowest BCUT2D eigenvalue weighted by atomic mass is 10.1. The molecule has 138 valence electrons. The number of nitrogens with one attached hydrogen (secondary N) is 3. The van der Waals surface area contributed by atoms with E-state index in [1.165, 1.54) is 5.56 Å². The molecule has 0 aliphatic heterocycles. The molecule has 2 aromatic rings. The molecule has 0 aliphatic rings. The van der Waals surface area contributed by atoms with E-state index in [0.717, 1.165) is 36.6 Å². The van der Waals surface area contributed by atoms with Gasteiger partial charge >= 0.3 is 0 Å². The van der Waals surface area contributed by atoms with E-state index in [0.29, 0.717) is 13.0 Å². The first-order chi connectivity index (χ1) is 12.7. The third-order valence-corrected chi connectivity index (χ3v) is 3.95. The number of aliphatic imine (C=N–C) groups is 1. The van der Waals surface area contributed by atoms with Gasteiger partial charge in [0.2, 0.25) is 5.91 Å². The molecule has 0 unspecified atom stereocenters. The molecular weight excluding hydrogens is 324 g/mol. The van der Waals surface area contributed by atoms with E-state index in [4.69, 9.17) is 0 Å². The number of carbonyl (C=O) groups is 1. The molecule has 0 aliphatic carbocycles. The lowest BCUT2D eigenvalue weighted by Crippen LogP contribution is -2.37. The number of guanidine groups is 1. The number of nitrogens with zero attached hydrogens (tertiary/aromatic N) is 1. The molecule has 1 amide bonds. The van der Waals surface area contributed by atoms with E-state index in [1.54, 1.807) is 7.05 Å². The minimum Gasteiger partial charge on any atom is -0.356 e. The lowest BCUT2D eigenvalue weighted by molar-refractivity contribution is -0.116. The van der Waals surface area contributed by atoms with Crippen molar-refractivity contribution in [1.82, 2.24) is 10.6 Å². The van der Waals surface area contributed by atoms with Gasteiger partial charge in [-0.2, -0.15) is 0 Å². The van der Waals surface area contributed by atoms with Crippen LogP contribution in [0.1, 0.15) is 30.9 Å². The summed E-state index contributed by atoms with van der Waals surface area (Å²) in [6.45, 7) is 3.50. The summed E-state index contributed by atoms with van der Waals surface area (Å²) in [5.74, 6) is 0.836. The highest BCUT2D eigenvalue weighted by molar-refractivity contribution is 5.90. The molecule has 26 heavy (non-hydrogen) atoms. The third kappa shape index (κ3) is 6.97. The summed E-state index contributed by atoms with van der Waals surface area (Å²) in [7, 11) is 1.77. The first-order valence-corrected chi connectivity index (χ1v) is 9.08. The second-order valence-electron chi connectivity index (χ2n) is 6.08. The van der Waals surface area contributed by atoms with Gasteiger partial charge in [0.15, 0.2) is 5.96 Å². The van der Waals surface area contributed by atoms with Crippen LogP contribution in [-0.4, -0.2) is 25.5 Å². The first-order valence-electron chi connectivity index (χ1n) is 9.08. The fourth-order valence-corrected chi connectivity index (χ4v) is 2.53. The summed E-state index contributed by atoms with van der Waals surface area (Å²) in [4.78, 5) is 15.9. The van der Waals surface area contributed by atoms with Crippen molar-refractivity contribution in [3.05, 3.63) is 65.7 Å². The van der Waals surface area contributed by atoms with Crippen LogP contribution in [0.25, 0.3) is 0 Å². The smallest absolute Gasteiger partial charge is 0.224 e. The Hall–Kier alpha value is -2.82. The van der Waals surface area contributed by atoms with Crippen LogP contribution in [0, 0.1) is 0 Å². The molecule has 0 radical (unpaired) electrons. The van der Waals surface area contributed by atoms with E-state index in [-0.39, 0.29) is 5.91 Å². The topological polar surface area (TPSA) is 65.5 Å². The molecule has 5 heteroatoms. The highest BCUT2D eigenvalue weighted by Crippen LogP contribution is 2.10. The van der Waals surface area contributed by atoms with Crippen molar-refractivity contribution in [2.45, 2.75) is 32.7 Å². The maximum atomic E-state index is 11.6. The Balaban J connectivity index is 1.74. The number of anilines is 1. The molecule has 5 nitrogen and oxygen atoms in total. The monoisotopic (exact) mass is 352 g/mol. The van der Waals surface area contributed by atoms with Crippen LogP contribution in [0.2, 0.25) is 0 Å². The third-order valence-electron chi connectivity index (χ3n) is 3.95. The summed E-state index contributed by atoms with van der Waals surface area (Å²) in [5.41, 5.74) is 3.26. The molecule has 0 saturated heterocycles. The largest absolute Gasteiger partial charge is 0.356 e. The zero-order valence-corrected chi connectivity index (χ0v) is 15.6. The average molecular weight is 352 g/mol. The Labute approximate surface area is 155 Å². The second-order valence-corrected chi connectivity index (χ2v) is 6.08. The van der Waals surface area contributed by atoms with Gasteiger partial charge in [-0.3, -0.25) is 9.79 Å². The average Bonchev–Trinajstić information content (AvgIpc) is 2.66. The number of amides is 1. The highest BCUT2D eigenvalue weighted by atomic mass is 16.1. The van der Waals surface area contributed by atoms with Gasteiger partial charge in [-0.25, -0.2) is 0 Å². The molecule has 0 fully saturated rings. The van der Waals surface area contributed by atoms with Crippen molar-refractivity contribution in [3.8, 4) is 0 Å². The Morgan fingerprint density at radius 2 is 1.69 bits per heavy atom. The number of carbonyl (C=O) groups excluding carboxylic acids is 1. The molecule has 3 N–H and O–H groups in total. The molecule has 0 aromatic heterocycles. The SMILES string of the molecule is CCCC(=O)Nc1ccc(CNC(=NC)NCCc2ccccc2)cc1. The van der Waals surface area contributed by atoms with Crippen LogP contribution >= 0.6 is 0 Å². The van der Waals surface area contributed by atoms with Crippen LogP contribution in [0.15, 0.2) is 59.6 Å². The fraction of sp³-hybridized carbons (Fsp3) is 0.333. The van der Waals surface area contributed by atoms with E-state index in [1.807, 2.05) is 37.3 Å². The number of hydrogen-bond donors (Lipinski definition) is 3. The molecule has 2 aromatic carbocycles. The maximum absolute atomic E-state index is 11.6. The summed E-state index contributed by atoms with van der Waals surface area (Å²) in [5, 5.41) is 9.52. The highest BCUT2D eigenvalue weighted by Gasteiger charge is 2.02. The zero-order valence-electron chi connectivity index (χ0n) is 15.6. The van der Waals surface area contributed by atoms with Crippen molar-refractivity contribution in [3.63, 3.8) is 0 Å². The molecule has 2 rings (SSSR count). The summed E-state index contributed by atoms with van der Waals surface area (Å²) < 4.78 is 0. The van der Waals surface area contributed by atoms with Crippen molar-refractivity contribution in [2.75, 3.05) is 18.9 Å². The summed E-state index contributed by atoms with van der Waals surface area (Å²) in [6, 6.07) is 18.2. The van der Waals surface area contributed by atoms with Gasteiger partial charge < -0.3 is 16.0 Å². The van der Waals surface area contributed by atoms with Crippen molar-refractivity contribution >= 4 is 17.6 Å². The fourth-order valence-electron chi connectivity index (χ4n) is 2.53. The van der Waals surface area contributed by atoms with Gasteiger partial charge in [-0.1, -0.05) is 49.4 Å². The first kappa shape index (κ1) is 19.5. The van der Waals surface area contributed by atoms with E-state index in [2.05, 4.69) is 45.2 Å².